The fourth-order valence-corrected chi connectivity index (χ4v) is 5.97. The van der Waals surface area contributed by atoms with Crippen LogP contribution in [0.25, 0.3) is 6.08 Å². The smallest absolute Gasteiger partial charge is 0.281 e. The minimum absolute atomic E-state index is 0.0134. The first-order chi connectivity index (χ1) is 18.5. The second-order valence-corrected chi connectivity index (χ2v) is 11.3. The Bertz CT molecular complexity index is 1500. The van der Waals surface area contributed by atoms with Gasteiger partial charge in [0.2, 0.25) is 0 Å². The summed E-state index contributed by atoms with van der Waals surface area (Å²) in [5, 5.41) is 0. The van der Waals surface area contributed by atoms with E-state index in [1.54, 1.807) is 14.2 Å². The van der Waals surface area contributed by atoms with E-state index in [-0.39, 0.29) is 11.8 Å². The summed E-state index contributed by atoms with van der Waals surface area (Å²) in [6.07, 6.45) is 5.20. The summed E-state index contributed by atoms with van der Waals surface area (Å²) in [5.41, 5.74) is 4.26. The van der Waals surface area contributed by atoms with Gasteiger partial charge in [-0.15, -0.1) is 0 Å². The van der Waals surface area contributed by atoms with E-state index in [0.717, 1.165) is 60.6 Å². The molecular formula is C32H26Br2O4. The Morgan fingerprint density at radius 3 is 2.05 bits per heavy atom. The molecule has 2 aliphatic rings. The Balaban J connectivity index is 1.55. The number of hydrogen-bond donors (Lipinski definition) is 0. The van der Waals surface area contributed by atoms with Gasteiger partial charge in [0, 0.05) is 26.0 Å². The molecule has 38 heavy (non-hydrogen) atoms. The molecule has 0 fully saturated rings. The second-order valence-electron chi connectivity index (χ2n) is 9.50. The molecule has 2 heterocycles. The normalized spacial score (nSPS) is 21.5. The van der Waals surface area contributed by atoms with Crippen molar-refractivity contribution in [2.75, 3.05) is 14.2 Å². The zero-order chi connectivity index (χ0) is 26.3. The molecule has 0 saturated heterocycles. The molecule has 0 unspecified atom stereocenters. The minimum atomic E-state index is -1.02. The third-order valence-corrected chi connectivity index (χ3v) is 8.40. The lowest BCUT2D eigenvalue weighted by atomic mass is 9.71. The maximum Gasteiger partial charge on any atom is 0.281 e. The van der Waals surface area contributed by atoms with Gasteiger partial charge < -0.3 is 18.9 Å². The molecule has 0 aliphatic carbocycles. The highest BCUT2D eigenvalue weighted by Gasteiger charge is 2.55. The first-order valence-corrected chi connectivity index (χ1v) is 14.0. The summed E-state index contributed by atoms with van der Waals surface area (Å²) in [5.74, 6) is 2.10. The van der Waals surface area contributed by atoms with Gasteiger partial charge in [-0.3, -0.25) is 0 Å². The third kappa shape index (κ3) is 4.50. The molecule has 0 bridgehead atoms. The molecule has 0 aromatic heterocycles. The first-order valence-electron chi connectivity index (χ1n) is 12.4. The van der Waals surface area contributed by atoms with Crippen molar-refractivity contribution in [3.63, 3.8) is 0 Å². The van der Waals surface area contributed by atoms with Crippen LogP contribution in [-0.2, 0) is 12.2 Å². The quantitative estimate of drug-likeness (QED) is 0.221. The highest BCUT2D eigenvalue weighted by Crippen LogP contribution is 2.56. The first kappa shape index (κ1) is 25.1. The summed E-state index contributed by atoms with van der Waals surface area (Å²) < 4.78 is 27.0. The molecule has 192 valence electrons. The van der Waals surface area contributed by atoms with Gasteiger partial charge in [0.05, 0.1) is 20.1 Å². The van der Waals surface area contributed by atoms with Crippen LogP contribution in [0, 0.1) is 5.92 Å². The molecule has 6 heteroatoms. The van der Waals surface area contributed by atoms with Gasteiger partial charge in [-0.25, -0.2) is 0 Å². The van der Waals surface area contributed by atoms with Crippen LogP contribution >= 0.6 is 31.9 Å². The van der Waals surface area contributed by atoms with Crippen LogP contribution in [0.1, 0.15) is 28.2 Å². The van der Waals surface area contributed by atoms with Gasteiger partial charge in [-0.2, -0.15) is 0 Å². The van der Waals surface area contributed by atoms with E-state index in [9.17, 15) is 0 Å². The largest absolute Gasteiger partial charge is 0.497 e. The molecule has 0 spiro atoms. The van der Waals surface area contributed by atoms with Gasteiger partial charge in [0.1, 0.15) is 23.0 Å². The maximum absolute atomic E-state index is 6.90. The van der Waals surface area contributed by atoms with Gasteiger partial charge in [-0.05, 0) is 78.2 Å². The van der Waals surface area contributed by atoms with Crippen molar-refractivity contribution < 1.29 is 18.9 Å². The predicted octanol–water partition coefficient (Wildman–Crippen LogP) is 8.52. The molecule has 0 amide bonds. The van der Waals surface area contributed by atoms with Crippen LogP contribution in [0.2, 0.25) is 0 Å². The Morgan fingerprint density at radius 1 is 0.763 bits per heavy atom. The van der Waals surface area contributed by atoms with Crippen molar-refractivity contribution in [2.24, 2.45) is 5.92 Å². The predicted molar refractivity (Wildman–Crippen MR) is 156 cm³/mol. The van der Waals surface area contributed by atoms with Crippen molar-refractivity contribution in [1.82, 2.24) is 0 Å². The Morgan fingerprint density at radius 2 is 1.37 bits per heavy atom. The van der Waals surface area contributed by atoms with E-state index in [1.807, 2.05) is 36.4 Å². The molecule has 3 atom stereocenters. The third-order valence-electron chi connectivity index (χ3n) is 7.34. The standard InChI is InChI=1S/C32H26Br2O4/c1-35-25-12-15-30-21(17-25)18-29-27(14-5-20-3-8-23(33)9-4-20)28-19-26(36-2)13-16-31(28)38-32(29,37-30)22-6-10-24(34)11-7-22/h3-17,19,27,29H,18H2,1-2H3/b14-5+/t27-,29-,32+/m1/s1. The lowest BCUT2D eigenvalue weighted by molar-refractivity contribution is -0.187. The lowest BCUT2D eigenvalue weighted by Crippen LogP contribution is -2.53. The van der Waals surface area contributed by atoms with E-state index in [0.29, 0.717) is 0 Å². The van der Waals surface area contributed by atoms with E-state index >= 15 is 0 Å². The Hall–Kier alpha value is -3.22. The van der Waals surface area contributed by atoms with Gasteiger partial charge in [0.25, 0.3) is 5.79 Å². The molecule has 4 nitrogen and oxygen atoms in total. The number of benzene rings is 4. The number of allylic oxidation sites excluding steroid dienone is 1. The van der Waals surface area contributed by atoms with Crippen molar-refractivity contribution >= 4 is 37.9 Å². The number of fused-ring (bicyclic) bond motifs is 3. The molecule has 2 aliphatic heterocycles. The SMILES string of the molecule is COc1ccc2c(c1)C[C@@H]1[C@H](/C=C/c3ccc(Br)cc3)c3cc(OC)ccc3O[C@]1(c1ccc(Br)cc1)O2. The highest BCUT2D eigenvalue weighted by molar-refractivity contribution is 9.10. The van der Waals surface area contributed by atoms with Crippen molar-refractivity contribution in [2.45, 2.75) is 18.1 Å². The number of ether oxygens (including phenoxy) is 4. The van der Waals surface area contributed by atoms with Gasteiger partial charge in [0.15, 0.2) is 0 Å². The molecule has 0 N–H and O–H groups in total. The monoisotopic (exact) mass is 632 g/mol. The summed E-state index contributed by atoms with van der Waals surface area (Å²) >= 11 is 7.12. The average molecular weight is 634 g/mol. The van der Waals surface area contributed by atoms with Crippen molar-refractivity contribution in [3.05, 3.63) is 122 Å². The van der Waals surface area contributed by atoms with E-state index < -0.39 is 5.79 Å². The fraction of sp³-hybridized carbons (Fsp3) is 0.188. The minimum Gasteiger partial charge on any atom is -0.497 e. The molecule has 0 radical (unpaired) electrons. The highest BCUT2D eigenvalue weighted by atomic mass is 79.9. The van der Waals surface area contributed by atoms with Crippen molar-refractivity contribution in [1.29, 1.82) is 0 Å². The molecular weight excluding hydrogens is 608 g/mol. The maximum atomic E-state index is 6.90. The summed E-state index contributed by atoms with van der Waals surface area (Å²) in [7, 11) is 3.38. The fourth-order valence-electron chi connectivity index (χ4n) is 5.44. The molecule has 0 saturated carbocycles. The van der Waals surface area contributed by atoms with Crippen LogP contribution in [-0.4, -0.2) is 14.2 Å². The summed E-state index contributed by atoms with van der Waals surface area (Å²) in [6, 6.07) is 28.5. The Kier molecular flexibility index (Phi) is 6.70. The van der Waals surface area contributed by atoms with Gasteiger partial charge in [-0.1, -0.05) is 68.3 Å². The van der Waals surface area contributed by atoms with E-state index in [4.69, 9.17) is 18.9 Å². The Labute approximate surface area is 239 Å². The summed E-state index contributed by atoms with van der Waals surface area (Å²) in [6.45, 7) is 0. The average Bonchev–Trinajstić information content (AvgIpc) is 2.95. The van der Waals surface area contributed by atoms with Crippen LogP contribution in [0.4, 0.5) is 0 Å². The number of methoxy groups -OCH3 is 2. The number of halogens is 2. The number of hydrogen-bond acceptors (Lipinski definition) is 4. The van der Waals surface area contributed by atoms with Crippen LogP contribution in [0.5, 0.6) is 23.0 Å². The molecule has 6 rings (SSSR count). The molecule has 4 aromatic rings. The zero-order valence-corrected chi connectivity index (χ0v) is 24.2. The van der Waals surface area contributed by atoms with E-state index in [1.165, 1.54) is 0 Å². The van der Waals surface area contributed by atoms with Crippen LogP contribution in [0.15, 0.2) is 100.0 Å². The zero-order valence-electron chi connectivity index (χ0n) is 21.0. The topological polar surface area (TPSA) is 36.9 Å². The molecule has 4 aromatic carbocycles. The second kappa shape index (κ2) is 10.2. The van der Waals surface area contributed by atoms with Crippen LogP contribution < -0.4 is 18.9 Å². The number of rotatable bonds is 5. The lowest BCUT2D eigenvalue weighted by Gasteiger charge is -2.50. The van der Waals surface area contributed by atoms with Crippen molar-refractivity contribution in [3.8, 4) is 23.0 Å². The van der Waals surface area contributed by atoms with E-state index in [2.05, 4.69) is 92.5 Å². The van der Waals surface area contributed by atoms with Crippen LogP contribution in [0.3, 0.4) is 0 Å². The van der Waals surface area contributed by atoms with Gasteiger partial charge >= 0.3 is 0 Å². The summed E-state index contributed by atoms with van der Waals surface area (Å²) in [4.78, 5) is 0.